The summed E-state index contributed by atoms with van der Waals surface area (Å²) in [6, 6.07) is 11.9. The van der Waals surface area contributed by atoms with Crippen LogP contribution in [-0.4, -0.2) is 27.8 Å². The Bertz CT molecular complexity index is 917. The molecule has 6 nitrogen and oxygen atoms in total. The molecule has 3 aromatic rings. The quantitative estimate of drug-likeness (QED) is 0.622. The molecule has 0 aliphatic carbocycles. The minimum Gasteiger partial charge on any atom is -0.340 e. The summed E-state index contributed by atoms with van der Waals surface area (Å²) in [6.45, 7) is 3.93. The number of nitrogens with zero attached hydrogens (tertiary/aromatic N) is 1. The van der Waals surface area contributed by atoms with E-state index in [2.05, 4.69) is 20.6 Å². The molecule has 3 rings (SSSR count). The molecule has 0 unspecified atom stereocenters. The molecule has 3 N–H and O–H groups in total. The SMILES string of the molecule is CC(C)C[C@H](NC(=O)c1ccc(F)cc1)C(=O)Nc1nc2ccccc2[nH]1. The molecule has 7 heteroatoms. The highest BCUT2D eigenvalue weighted by Gasteiger charge is 2.23. The predicted octanol–water partition coefficient (Wildman–Crippen LogP) is 3.49. The first kappa shape index (κ1) is 18.6. The minimum atomic E-state index is -0.740. The van der Waals surface area contributed by atoms with Gasteiger partial charge in [-0.05, 0) is 48.7 Å². The van der Waals surface area contributed by atoms with Gasteiger partial charge in [-0.3, -0.25) is 14.9 Å². The number of hydrogen-bond acceptors (Lipinski definition) is 3. The topological polar surface area (TPSA) is 86.9 Å². The van der Waals surface area contributed by atoms with E-state index in [0.717, 1.165) is 11.0 Å². The van der Waals surface area contributed by atoms with Crippen LogP contribution in [-0.2, 0) is 4.79 Å². The van der Waals surface area contributed by atoms with E-state index in [0.29, 0.717) is 17.9 Å². The molecule has 140 valence electrons. The molecule has 0 spiro atoms. The second-order valence-corrected chi connectivity index (χ2v) is 6.75. The number of hydrogen-bond donors (Lipinski definition) is 3. The van der Waals surface area contributed by atoms with E-state index in [1.54, 1.807) is 0 Å². The van der Waals surface area contributed by atoms with Gasteiger partial charge in [-0.2, -0.15) is 0 Å². The van der Waals surface area contributed by atoms with E-state index >= 15 is 0 Å². The van der Waals surface area contributed by atoms with Crippen LogP contribution in [0.15, 0.2) is 48.5 Å². The molecule has 0 saturated carbocycles. The summed E-state index contributed by atoms with van der Waals surface area (Å²) in [7, 11) is 0. The van der Waals surface area contributed by atoms with Crippen LogP contribution in [0.25, 0.3) is 11.0 Å². The molecule has 1 atom stereocenters. The summed E-state index contributed by atoms with van der Waals surface area (Å²) in [6.07, 6.45) is 0.457. The van der Waals surface area contributed by atoms with Crippen molar-refractivity contribution in [1.82, 2.24) is 15.3 Å². The Hall–Kier alpha value is -3.22. The molecule has 0 fully saturated rings. The zero-order valence-electron chi connectivity index (χ0n) is 15.1. The summed E-state index contributed by atoms with van der Waals surface area (Å²) < 4.78 is 13.0. The first-order valence-electron chi connectivity index (χ1n) is 8.74. The maximum atomic E-state index is 13.0. The number of nitrogens with one attached hydrogen (secondary N) is 3. The standard InChI is InChI=1S/C20H21FN4O2/c1-12(2)11-17(22-18(26)13-7-9-14(21)10-8-13)19(27)25-20-23-15-5-3-4-6-16(15)24-20/h3-10,12,17H,11H2,1-2H3,(H,22,26)(H2,23,24,25,27)/t17-/m0/s1. The lowest BCUT2D eigenvalue weighted by molar-refractivity contribution is -0.118. The lowest BCUT2D eigenvalue weighted by atomic mass is 10.0. The smallest absolute Gasteiger partial charge is 0.251 e. The summed E-state index contributed by atoms with van der Waals surface area (Å²) in [4.78, 5) is 32.5. The fourth-order valence-corrected chi connectivity index (χ4v) is 2.76. The zero-order chi connectivity index (χ0) is 19.4. The number of aromatic nitrogens is 2. The second-order valence-electron chi connectivity index (χ2n) is 6.75. The van der Waals surface area contributed by atoms with E-state index in [4.69, 9.17) is 0 Å². The van der Waals surface area contributed by atoms with Gasteiger partial charge in [0.05, 0.1) is 11.0 Å². The zero-order valence-corrected chi connectivity index (χ0v) is 15.1. The number of aromatic amines is 1. The van der Waals surface area contributed by atoms with E-state index in [1.165, 1.54) is 24.3 Å². The first-order chi connectivity index (χ1) is 12.9. The minimum absolute atomic E-state index is 0.185. The highest BCUT2D eigenvalue weighted by molar-refractivity contribution is 6.01. The van der Waals surface area contributed by atoms with Gasteiger partial charge in [-0.25, -0.2) is 9.37 Å². The van der Waals surface area contributed by atoms with Crippen LogP contribution in [0.3, 0.4) is 0 Å². The summed E-state index contributed by atoms with van der Waals surface area (Å²) in [5.41, 5.74) is 1.84. The van der Waals surface area contributed by atoms with Gasteiger partial charge in [0.15, 0.2) is 0 Å². The number of anilines is 1. The Labute approximate surface area is 156 Å². The number of imidazole rings is 1. The highest BCUT2D eigenvalue weighted by Crippen LogP contribution is 2.15. The maximum Gasteiger partial charge on any atom is 0.251 e. The molecule has 0 aliphatic rings. The number of halogens is 1. The largest absolute Gasteiger partial charge is 0.340 e. The molecule has 2 amide bonds. The predicted molar refractivity (Wildman–Crippen MR) is 102 cm³/mol. The lowest BCUT2D eigenvalue weighted by Gasteiger charge is -2.19. The van der Waals surface area contributed by atoms with Crippen molar-refractivity contribution in [3.63, 3.8) is 0 Å². The molecule has 2 aromatic carbocycles. The van der Waals surface area contributed by atoms with Gasteiger partial charge in [-0.1, -0.05) is 26.0 Å². The number of para-hydroxylation sites is 2. The molecular formula is C20H21FN4O2. The fourth-order valence-electron chi connectivity index (χ4n) is 2.76. The lowest BCUT2D eigenvalue weighted by Crippen LogP contribution is -2.44. The Morgan fingerprint density at radius 1 is 1.11 bits per heavy atom. The van der Waals surface area contributed by atoms with Gasteiger partial charge in [0, 0.05) is 5.56 Å². The van der Waals surface area contributed by atoms with Crippen molar-refractivity contribution in [2.75, 3.05) is 5.32 Å². The number of carbonyl (C=O) groups is 2. The third-order valence-corrected chi connectivity index (χ3v) is 4.07. The van der Waals surface area contributed by atoms with Gasteiger partial charge < -0.3 is 10.3 Å². The van der Waals surface area contributed by atoms with Gasteiger partial charge in [0.1, 0.15) is 11.9 Å². The fraction of sp³-hybridized carbons (Fsp3) is 0.250. The molecule has 27 heavy (non-hydrogen) atoms. The van der Waals surface area contributed by atoms with Crippen LogP contribution < -0.4 is 10.6 Å². The third-order valence-electron chi connectivity index (χ3n) is 4.07. The highest BCUT2D eigenvalue weighted by atomic mass is 19.1. The number of H-pyrrole nitrogens is 1. The molecule has 1 aromatic heterocycles. The maximum absolute atomic E-state index is 13.0. The Kier molecular flexibility index (Phi) is 5.49. The number of benzene rings is 2. The molecular weight excluding hydrogens is 347 g/mol. The summed E-state index contributed by atoms with van der Waals surface area (Å²) in [5, 5.41) is 5.45. The van der Waals surface area contributed by atoms with Crippen LogP contribution in [0.2, 0.25) is 0 Å². The molecule has 1 heterocycles. The van der Waals surface area contributed by atoms with E-state index in [9.17, 15) is 14.0 Å². The van der Waals surface area contributed by atoms with E-state index < -0.39 is 17.8 Å². The van der Waals surface area contributed by atoms with Crippen LogP contribution in [0.5, 0.6) is 0 Å². The van der Waals surface area contributed by atoms with Crippen molar-refractivity contribution in [2.24, 2.45) is 5.92 Å². The van der Waals surface area contributed by atoms with Crippen molar-refractivity contribution in [3.05, 3.63) is 59.9 Å². The third kappa shape index (κ3) is 4.69. The van der Waals surface area contributed by atoms with Gasteiger partial charge in [0.2, 0.25) is 11.9 Å². The van der Waals surface area contributed by atoms with Crippen molar-refractivity contribution in [2.45, 2.75) is 26.3 Å². The van der Waals surface area contributed by atoms with Gasteiger partial charge in [0.25, 0.3) is 5.91 Å². The van der Waals surface area contributed by atoms with Crippen molar-refractivity contribution in [3.8, 4) is 0 Å². The van der Waals surface area contributed by atoms with Crippen LogP contribution >= 0.6 is 0 Å². The Morgan fingerprint density at radius 2 is 1.81 bits per heavy atom. The van der Waals surface area contributed by atoms with E-state index in [-0.39, 0.29) is 11.8 Å². The van der Waals surface area contributed by atoms with Crippen molar-refractivity contribution >= 4 is 28.8 Å². The average Bonchev–Trinajstić information content (AvgIpc) is 3.03. The average molecular weight is 368 g/mol. The number of amides is 2. The van der Waals surface area contributed by atoms with Crippen molar-refractivity contribution < 1.29 is 14.0 Å². The molecule has 0 bridgehead atoms. The van der Waals surface area contributed by atoms with Crippen molar-refractivity contribution in [1.29, 1.82) is 0 Å². The van der Waals surface area contributed by atoms with Crippen LogP contribution in [0.1, 0.15) is 30.6 Å². The summed E-state index contributed by atoms with van der Waals surface area (Å²) >= 11 is 0. The van der Waals surface area contributed by atoms with Crippen LogP contribution in [0, 0.1) is 11.7 Å². The summed E-state index contributed by atoms with van der Waals surface area (Å²) in [5.74, 6) is -0.706. The van der Waals surface area contributed by atoms with Gasteiger partial charge >= 0.3 is 0 Å². The van der Waals surface area contributed by atoms with Gasteiger partial charge in [-0.15, -0.1) is 0 Å². The van der Waals surface area contributed by atoms with E-state index in [1.807, 2.05) is 38.1 Å². The second kappa shape index (κ2) is 7.99. The Balaban J connectivity index is 1.73. The Morgan fingerprint density at radius 3 is 2.48 bits per heavy atom. The molecule has 0 saturated heterocycles. The number of fused-ring (bicyclic) bond motifs is 1. The molecule has 0 aliphatic heterocycles. The monoisotopic (exact) mass is 368 g/mol. The number of rotatable bonds is 6. The van der Waals surface area contributed by atoms with Crippen LogP contribution in [0.4, 0.5) is 10.3 Å². The normalized spacial score (nSPS) is 12.1. The number of carbonyl (C=O) groups excluding carboxylic acids is 2. The molecule has 0 radical (unpaired) electrons. The first-order valence-corrected chi connectivity index (χ1v) is 8.74.